The first-order chi connectivity index (χ1) is 14.9. The second-order valence-corrected chi connectivity index (χ2v) is 8.13. The second-order valence-electron chi connectivity index (χ2n) is 8.13. The second kappa shape index (κ2) is 9.02. The van der Waals surface area contributed by atoms with E-state index in [0.29, 0.717) is 25.1 Å². The van der Waals surface area contributed by atoms with E-state index >= 15 is 0 Å². The molecule has 2 aromatic rings. The molecule has 2 saturated heterocycles. The summed E-state index contributed by atoms with van der Waals surface area (Å²) in [6, 6.07) is 13.5. The van der Waals surface area contributed by atoms with Gasteiger partial charge in [0.15, 0.2) is 0 Å². The average Bonchev–Trinajstić information content (AvgIpc) is 2.78. The molecule has 1 amide bonds. The third-order valence-electron chi connectivity index (χ3n) is 6.16. The van der Waals surface area contributed by atoms with Crippen LogP contribution in [-0.4, -0.2) is 70.0 Å². The summed E-state index contributed by atoms with van der Waals surface area (Å²) in [5.74, 6) is -0.599. The molecule has 0 radical (unpaired) electrons. The van der Waals surface area contributed by atoms with E-state index in [9.17, 15) is 29.6 Å². The largest absolute Gasteiger partial charge is 0.394 e. The Kier molecular flexibility index (Phi) is 6.36. The van der Waals surface area contributed by atoms with Crippen molar-refractivity contribution in [3.05, 3.63) is 65.5 Å². The fraction of sp³-hybridized carbons (Fsp3) is 0.435. The fourth-order valence-corrected chi connectivity index (χ4v) is 4.17. The molecule has 4 rings (SSSR count). The summed E-state index contributed by atoms with van der Waals surface area (Å²) in [6.45, 7) is 0.0924. The van der Waals surface area contributed by atoms with Gasteiger partial charge < -0.3 is 30.1 Å². The summed E-state index contributed by atoms with van der Waals surface area (Å²) >= 11 is 0. The molecule has 31 heavy (non-hydrogen) atoms. The molecule has 1 unspecified atom stereocenters. The highest BCUT2D eigenvalue weighted by molar-refractivity contribution is 6.04. The quantitative estimate of drug-likeness (QED) is 0.502. The topological polar surface area (TPSA) is 110 Å². The fourth-order valence-electron chi connectivity index (χ4n) is 4.17. The number of β-lactam (4-membered cyclic amide) rings is 1. The predicted molar refractivity (Wildman–Crippen MR) is 110 cm³/mol. The molecule has 0 bridgehead atoms. The number of carbonyl (C=O) groups excluding carboxylic acids is 1. The third kappa shape index (κ3) is 4.35. The molecular weight excluding hydrogens is 405 g/mol. The SMILES string of the molecule is O=C1C(c2ccc(CC[C@@H]3O[C@H](CO)[C@@H](O)[C@H](O)[C@H]3O)cc2)CN1c1ccc(F)cc1. The number of hydrogen-bond donors (Lipinski definition) is 4. The molecular formula is C23H26FNO6. The van der Waals surface area contributed by atoms with Crippen LogP contribution >= 0.6 is 0 Å². The van der Waals surface area contributed by atoms with Crippen LogP contribution in [0.3, 0.4) is 0 Å². The van der Waals surface area contributed by atoms with E-state index in [1.807, 2.05) is 24.3 Å². The first kappa shape index (κ1) is 21.9. The van der Waals surface area contributed by atoms with Gasteiger partial charge in [0.1, 0.15) is 30.2 Å². The van der Waals surface area contributed by atoms with Crippen molar-refractivity contribution < 1.29 is 34.3 Å². The van der Waals surface area contributed by atoms with Gasteiger partial charge in [0.05, 0.1) is 18.6 Å². The van der Waals surface area contributed by atoms with Crippen molar-refractivity contribution in [1.82, 2.24) is 0 Å². The number of benzene rings is 2. The smallest absolute Gasteiger partial charge is 0.236 e. The van der Waals surface area contributed by atoms with Crippen molar-refractivity contribution >= 4 is 11.6 Å². The Morgan fingerprint density at radius 2 is 1.58 bits per heavy atom. The molecule has 8 heteroatoms. The number of nitrogens with zero attached hydrogens (tertiary/aromatic N) is 1. The highest BCUT2D eigenvalue weighted by atomic mass is 19.1. The van der Waals surface area contributed by atoms with Crippen LogP contribution in [0.25, 0.3) is 0 Å². The summed E-state index contributed by atoms with van der Waals surface area (Å²) in [6.07, 6.45) is -4.60. The van der Waals surface area contributed by atoms with Crippen LogP contribution in [0.1, 0.15) is 23.5 Å². The Morgan fingerprint density at radius 3 is 2.19 bits per heavy atom. The normalized spacial score (nSPS) is 30.9. The van der Waals surface area contributed by atoms with Crippen LogP contribution in [0.15, 0.2) is 48.5 Å². The van der Waals surface area contributed by atoms with Crippen molar-refractivity contribution in [3.8, 4) is 0 Å². The lowest BCUT2D eigenvalue weighted by Crippen LogP contribution is -2.58. The van der Waals surface area contributed by atoms with Crippen LogP contribution in [0.2, 0.25) is 0 Å². The summed E-state index contributed by atoms with van der Waals surface area (Å²) in [5.41, 5.74) is 2.56. The Labute approximate surface area is 179 Å². The summed E-state index contributed by atoms with van der Waals surface area (Å²) < 4.78 is 18.6. The molecule has 2 heterocycles. The Hall–Kier alpha value is -2.36. The summed E-state index contributed by atoms with van der Waals surface area (Å²) in [7, 11) is 0. The molecule has 6 atom stereocenters. The lowest BCUT2D eigenvalue weighted by Gasteiger charge is -2.40. The van der Waals surface area contributed by atoms with Gasteiger partial charge in [-0.2, -0.15) is 0 Å². The van der Waals surface area contributed by atoms with Crippen LogP contribution in [-0.2, 0) is 16.0 Å². The molecule has 4 N–H and O–H groups in total. The number of anilines is 1. The number of aliphatic hydroxyl groups is 4. The number of rotatable bonds is 6. The maximum atomic E-state index is 13.1. The molecule has 2 aromatic carbocycles. The first-order valence-electron chi connectivity index (χ1n) is 10.4. The number of hydrogen-bond acceptors (Lipinski definition) is 6. The number of halogens is 1. The van der Waals surface area contributed by atoms with E-state index in [1.54, 1.807) is 17.0 Å². The highest BCUT2D eigenvalue weighted by Gasteiger charge is 2.43. The van der Waals surface area contributed by atoms with Gasteiger partial charge in [0.25, 0.3) is 0 Å². The van der Waals surface area contributed by atoms with Gasteiger partial charge in [-0.25, -0.2) is 4.39 Å². The van der Waals surface area contributed by atoms with E-state index in [-0.39, 0.29) is 17.6 Å². The Balaban J connectivity index is 1.33. The molecule has 0 aromatic heterocycles. The maximum absolute atomic E-state index is 13.1. The van der Waals surface area contributed by atoms with Crippen LogP contribution in [0.5, 0.6) is 0 Å². The van der Waals surface area contributed by atoms with E-state index in [2.05, 4.69) is 0 Å². The molecule has 0 aliphatic carbocycles. The van der Waals surface area contributed by atoms with Crippen LogP contribution in [0, 0.1) is 5.82 Å². The molecule has 2 fully saturated rings. The molecule has 7 nitrogen and oxygen atoms in total. The minimum Gasteiger partial charge on any atom is -0.394 e. The van der Waals surface area contributed by atoms with Crippen LogP contribution in [0.4, 0.5) is 10.1 Å². The number of aliphatic hydroxyl groups excluding tert-OH is 4. The number of ether oxygens (including phenoxy) is 1. The molecule has 166 valence electrons. The first-order valence-corrected chi connectivity index (χ1v) is 10.4. The zero-order valence-corrected chi connectivity index (χ0v) is 16.8. The predicted octanol–water partition coefficient (Wildman–Crippen LogP) is 0.731. The van der Waals surface area contributed by atoms with Gasteiger partial charge in [-0.05, 0) is 48.2 Å². The summed E-state index contributed by atoms with van der Waals surface area (Å²) in [5, 5.41) is 39.2. The van der Waals surface area contributed by atoms with Gasteiger partial charge in [-0.3, -0.25) is 4.79 Å². The third-order valence-corrected chi connectivity index (χ3v) is 6.16. The van der Waals surface area contributed by atoms with E-state index in [1.165, 1.54) is 12.1 Å². The number of amides is 1. The highest BCUT2D eigenvalue weighted by Crippen LogP contribution is 2.33. The minimum atomic E-state index is -1.37. The van der Waals surface area contributed by atoms with Gasteiger partial charge in [0.2, 0.25) is 5.91 Å². The van der Waals surface area contributed by atoms with E-state index in [4.69, 9.17) is 4.74 Å². The Bertz CT molecular complexity index is 903. The number of carbonyl (C=O) groups is 1. The molecule has 0 spiro atoms. The van der Waals surface area contributed by atoms with Gasteiger partial charge in [0, 0.05) is 12.2 Å². The zero-order valence-electron chi connectivity index (χ0n) is 16.8. The minimum absolute atomic E-state index is 0.0272. The van der Waals surface area contributed by atoms with E-state index in [0.717, 1.165) is 11.1 Å². The van der Waals surface area contributed by atoms with Crippen molar-refractivity contribution in [2.75, 3.05) is 18.1 Å². The van der Waals surface area contributed by atoms with Crippen molar-refractivity contribution in [2.45, 2.75) is 49.3 Å². The van der Waals surface area contributed by atoms with Crippen LogP contribution < -0.4 is 4.90 Å². The molecule has 2 aliphatic heterocycles. The van der Waals surface area contributed by atoms with Crippen molar-refractivity contribution in [3.63, 3.8) is 0 Å². The van der Waals surface area contributed by atoms with Gasteiger partial charge in [-0.15, -0.1) is 0 Å². The number of aryl methyl sites for hydroxylation is 1. The maximum Gasteiger partial charge on any atom is 0.236 e. The summed E-state index contributed by atoms with van der Waals surface area (Å²) in [4.78, 5) is 14.2. The van der Waals surface area contributed by atoms with Crippen molar-refractivity contribution in [2.24, 2.45) is 0 Å². The van der Waals surface area contributed by atoms with Gasteiger partial charge in [-0.1, -0.05) is 24.3 Å². The monoisotopic (exact) mass is 431 g/mol. The molecule has 0 saturated carbocycles. The molecule has 2 aliphatic rings. The standard InChI is InChI=1S/C23H26FNO6/c24-15-6-8-16(9-7-15)25-11-17(23(25)30)14-4-1-13(2-5-14)3-10-18-20(27)22(29)21(28)19(12-26)31-18/h1-2,4-9,17-22,26-29H,3,10-12H2/t17?,18-,19+,20-,21+,22+/m0/s1. The van der Waals surface area contributed by atoms with Crippen molar-refractivity contribution in [1.29, 1.82) is 0 Å². The van der Waals surface area contributed by atoms with E-state index < -0.39 is 37.1 Å². The Morgan fingerprint density at radius 1 is 0.935 bits per heavy atom. The zero-order chi connectivity index (χ0) is 22.1. The lowest BCUT2D eigenvalue weighted by molar-refractivity contribution is -0.230. The lowest BCUT2D eigenvalue weighted by atomic mass is 9.88. The van der Waals surface area contributed by atoms with Gasteiger partial charge >= 0.3 is 0 Å². The average molecular weight is 431 g/mol.